The van der Waals surface area contributed by atoms with Gasteiger partial charge in [-0.1, -0.05) is 13.8 Å². The Labute approximate surface area is 96.1 Å². The van der Waals surface area contributed by atoms with E-state index >= 15 is 0 Å². The molecule has 1 amide bonds. The summed E-state index contributed by atoms with van der Waals surface area (Å²) in [5.74, 6) is 2.15. The van der Waals surface area contributed by atoms with E-state index in [9.17, 15) is 4.79 Å². The number of imidazole rings is 1. The number of aromatic nitrogens is 2. The minimum atomic E-state index is 0.0896. The summed E-state index contributed by atoms with van der Waals surface area (Å²) in [4.78, 5) is 15.9. The van der Waals surface area contributed by atoms with Crippen LogP contribution in [0.3, 0.4) is 0 Å². The lowest BCUT2D eigenvalue weighted by molar-refractivity contribution is -0.121. The summed E-state index contributed by atoms with van der Waals surface area (Å²) in [5, 5.41) is 2.96. The van der Waals surface area contributed by atoms with Crippen molar-refractivity contribution in [2.75, 3.05) is 6.54 Å². The zero-order valence-electron chi connectivity index (χ0n) is 9.94. The minimum Gasteiger partial charge on any atom is -0.354 e. The van der Waals surface area contributed by atoms with Gasteiger partial charge in [-0.3, -0.25) is 4.79 Å². The van der Waals surface area contributed by atoms with Crippen LogP contribution in [-0.2, 0) is 11.3 Å². The lowest BCUT2D eigenvalue weighted by atomic mass is 10.2. The Kier molecular flexibility index (Phi) is 3.27. The fourth-order valence-electron chi connectivity index (χ4n) is 1.75. The van der Waals surface area contributed by atoms with E-state index in [1.165, 1.54) is 12.8 Å². The standard InChI is InChI=1S/C12H19N3O/c1-9(2)12-13-5-6-15(12)8-11(16)14-7-10-3-4-10/h5-6,9-10H,3-4,7-8H2,1-2H3,(H,14,16). The lowest BCUT2D eigenvalue weighted by Crippen LogP contribution is -2.29. The maximum Gasteiger partial charge on any atom is 0.239 e. The quantitative estimate of drug-likeness (QED) is 0.819. The van der Waals surface area contributed by atoms with Gasteiger partial charge in [0.25, 0.3) is 0 Å². The van der Waals surface area contributed by atoms with Crippen molar-refractivity contribution in [3.63, 3.8) is 0 Å². The SMILES string of the molecule is CC(C)c1nccn1CC(=O)NCC1CC1. The van der Waals surface area contributed by atoms with Gasteiger partial charge in [0.05, 0.1) is 0 Å². The predicted molar refractivity (Wildman–Crippen MR) is 62.0 cm³/mol. The molecular formula is C12H19N3O. The molecule has 1 aliphatic rings. The van der Waals surface area contributed by atoms with Crippen LogP contribution < -0.4 is 5.32 Å². The summed E-state index contributed by atoms with van der Waals surface area (Å²) >= 11 is 0. The van der Waals surface area contributed by atoms with E-state index in [1.807, 2.05) is 10.8 Å². The van der Waals surface area contributed by atoms with Crippen LogP contribution in [0.15, 0.2) is 12.4 Å². The van der Waals surface area contributed by atoms with Gasteiger partial charge < -0.3 is 9.88 Å². The first kappa shape index (κ1) is 11.2. The zero-order valence-corrected chi connectivity index (χ0v) is 9.94. The van der Waals surface area contributed by atoms with Crippen molar-refractivity contribution in [1.29, 1.82) is 0 Å². The summed E-state index contributed by atoms with van der Waals surface area (Å²) in [7, 11) is 0. The first-order valence-electron chi connectivity index (χ1n) is 5.94. The molecule has 0 aliphatic heterocycles. The number of hydrogen-bond acceptors (Lipinski definition) is 2. The molecule has 0 bridgehead atoms. The van der Waals surface area contributed by atoms with E-state index < -0.39 is 0 Å². The number of carbonyl (C=O) groups excluding carboxylic acids is 1. The van der Waals surface area contributed by atoms with E-state index in [-0.39, 0.29) is 5.91 Å². The normalized spacial score (nSPS) is 15.4. The van der Waals surface area contributed by atoms with Crippen LogP contribution >= 0.6 is 0 Å². The molecule has 0 atom stereocenters. The molecule has 1 saturated carbocycles. The number of nitrogens with one attached hydrogen (secondary N) is 1. The van der Waals surface area contributed by atoms with Crippen molar-refractivity contribution in [3.05, 3.63) is 18.2 Å². The molecule has 4 heteroatoms. The Morgan fingerprint density at radius 3 is 3.00 bits per heavy atom. The van der Waals surface area contributed by atoms with Gasteiger partial charge in [-0.15, -0.1) is 0 Å². The molecule has 4 nitrogen and oxygen atoms in total. The van der Waals surface area contributed by atoms with Crippen molar-refractivity contribution in [2.45, 2.75) is 39.2 Å². The smallest absolute Gasteiger partial charge is 0.239 e. The number of hydrogen-bond donors (Lipinski definition) is 1. The van der Waals surface area contributed by atoms with Crippen molar-refractivity contribution >= 4 is 5.91 Å². The highest BCUT2D eigenvalue weighted by Gasteiger charge is 2.21. The number of rotatable bonds is 5. The van der Waals surface area contributed by atoms with Gasteiger partial charge in [0, 0.05) is 24.9 Å². The summed E-state index contributed by atoms with van der Waals surface area (Å²) < 4.78 is 1.92. The van der Waals surface area contributed by atoms with Crippen LogP contribution in [0, 0.1) is 5.92 Å². The second-order valence-corrected chi connectivity index (χ2v) is 4.82. The molecule has 0 spiro atoms. The first-order valence-corrected chi connectivity index (χ1v) is 5.94. The van der Waals surface area contributed by atoms with Crippen LogP contribution in [0.25, 0.3) is 0 Å². The summed E-state index contributed by atoms with van der Waals surface area (Å²) in [6.45, 7) is 5.40. The second-order valence-electron chi connectivity index (χ2n) is 4.82. The van der Waals surface area contributed by atoms with E-state index in [1.54, 1.807) is 6.20 Å². The van der Waals surface area contributed by atoms with E-state index in [2.05, 4.69) is 24.1 Å². The third-order valence-electron chi connectivity index (χ3n) is 2.86. The zero-order chi connectivity index (χ0) is 11.5. The third kappa shape index (κ3) is 2.84. The molecule has 1 fully saturated rings. The molecule has 1 aromatic heterocycles. The Morgan fingerprint density at radius 2 is 2.38 bits per heavy atom. The molecule has 1 heterocycles. The summed E-state index contributed by atoms with van der Waals surface area (Å²) in [5.41, 5.74) is 0. The van der Waals surface area contributed by atoms with Gasteiger partial charge in [0.15, 0.2) is 0 Å². The Hall–Kier alpha value is -1.32. The van der Waals surface area contributed by atoms with Crippen molar-refractivity contribution in [3.8, 4) is 0 Å². The Bertz CT molecular complexity index is 366. The van der Waals surface area contributed by atoms with Crippen molar-refractivity contribution in [2.24, 2.45) is 5.92 Å². The van der Waals surface area contributed by atoms with Crippen LogP contribution in [0.1, 0.15) is 38.4 Å². The first-order chi connectivity index (χ1) is 7.66. The van der Waals surface area contributed by atoms with Crippen LogP contribution in [0.2, 0.25) is 0 Å². The molecule has 16 heavy (non-hydrogen) atoms. The fraction of sp³-hybridized carbons (Fsp3) is 0.667. The predicted octanol–water partition coefficient (Wildman–Crippen LogP) is 1.53. The van der Waals surface area contributed by atoms with Crippen LogP contribution in [0.5, 0.6) is 0 Å². The van der Waals surface area contributed by atoms with Crippen molar-refractivity contribution < 1.29 is 4.79 Å². The molecular weight excluding hydrogens is 202 g/mol. The molecule has 0 aromatic carbocycles. The topological polar surface area (TPSA) is 46.9 Å². The number of amides is 1. The Morgan fingerprint density at radius 1 is 1.62 bits per heavy atom. The van der Waals surface area contributed by atoms with Gasteiger partial charge >= 0.3 is 0 Å². The molecule has 1 N–H and O–H groups in total. The third-order valence-corrected chi connectivity index (χ3v) is 2.86. The number of nitrogens with zero attached hydrogens (tertiary/aromatic N) is 2. The molecule has 1 aromatic rings. The maximum absolute atomic E-state index is 11.7. The van der Waals surface area contributed by atoms with Crippen LogP contribution in [-0.4, -0.2) is 22.0 Å². The summed E-state index contributed by atoms with van der Waals surface area (Å²) in [6.07, 6.45) is 6.15. The van der Waals surface area contributed by atoms with Gasteiger partial charge in [-0.2, -0.15) is 0 Å². The van der Waals surface area contributed by atoms with Crippen LogP contribution in [0.4, 0.5) is 0 Å². The highest BCUT2D eigenvalue weighted by Crippen LogP contribution is 2.27. The minimum absolute atomic E-state index is 0.0896. The molecule has 0 unspecified atom stereocenters. The monoisotopic (exact) mass is 221 g/mol. The highest BCUT2D eigenvalue weighted by molar-refractivity contribution is 5.75. The Balaban J connectivity index is 1.86. The molecule has 88 valence electrons. The van der Waals surface area contributed by atoms with Crippen molar-refractivity contribution in [1.82, 2.24) is 14.9 Å². The van der Waals surface area contributed by atoms with Gasteiger partial charge in [0.1, 0.15) is 12.4 Å². The van der Waals surface area contributed by atoms with Gasteiger partial charge in [-0.05, 0) is 18.8 Å². The number of carbonyl (C=O) groups is 1. The van der Waals surface area contributed by atoms with E-state index in [4.69, 9.17) is 0 Å². The maximum atomic E-state index is 11.7. The molecule has 1 aliphatic carbocycles. The second kappa shape index (κ2) is 4.68. The molecule has 0 saturated heterocycles. The van der Waals surface area contributed by atoms with Gasteiger partial charge in [-0.25, -0.2) is 4.98 Å². The largest absolute Gasteiger partial charge is 0.354 e. The molecule has 0 radical (unpaired) electrons. The van der Waals surface area contributed by atoms with Gasteiger partial charge in [0.2, 0.25) is 5.91 Å². The fourth-order valence-corrected chi connectivity index (χ4v) is 1.75. The van der Waals surface area contributed by atoms with E-state index in [0.29, 0.717) is 12.5 Å². The average Bonchev–Trinajstić information content (AvgIpc) is 2.95. The lowest BCUT2D eigenvalue weighted by Gasteiger charge is -2.10. The van der Waals surface area contributed by atoms with E-state index in [0.717, 1.165) is 18.3 Å². The molecule has 2 rings (SSSR count). The summed E-state index contributed by atoms with van der Waals surface area (Å²) in [6, 6.07) is 0. The highest BCUT2D eigenvalue weighted by atomic mass is 16.1. The average molecular weight is 221 g/mol.